The van der Waals surface area contributed by atoms with Crippen LogP contribution in [0.2, 0.25) is 0 Å². The fraction of sp³-hybridized carbons (Fsp3) is 0.320. The van der Waals surface area contributed by atoms with Crippen LogP contribution in [0.5, 0.6) is 23.0 Å². The van der Waals surface area contributed by atoms with Crippen molar-refractivity contribution in [2.75, 3.05) is 6.61 Å². The molecule has 6 heteroatoms. The maximum Gasteiger partial charge on any atom is 0.228 e. The van der Waals surface area contributed by atoms with E-state index in [9.17, 15) is 20.1 Å². The average Bonchev–Trinajstić information content (AvgIpc) is 2.78. The molecule has 2 aromatic rings. The van der Waals surface area contributed by atoms with Crippen LogP contribution in [0, 0.1) is 6.92 Å². The number of aryl methyl sites for hydroxylation is 2. The number of phenolic OH excluding ortho intramolecular Hbond substituents is 2. The number of aliphatic hydroxyl groups is 1. The van der Waals surface area contributed by atoms with E-state index in [0.29, 0.717) is 24.0 Å². The molecule has 0 saturated heterocycles. The zero-order valence-corrected chi connectivity index (χ0v) is 18.3. The predicted molar refractivity (Wildman–Crippen MR) is 118 cm³/mol. The standard InChI is InChI=1S/C25H28O6/c1-13(2)6-7-16-8-9-17(26)20-22(28)19-18(27)12-15(5)23(30-11-10-14(3)4)21(19)25(29)31-24(16)20/h8-10,12,25-27,29H,1,6-7,11H2,2-5H3/t25-/m0/s1. The number of aromatic hydroxyl groups is 2. The highest BCUT2D eigenvalue weighted by atomic mass is 16.6. The summed E-state index contributed by atoms with van der Waals surface area (Å²) in [4.78, 5) is 13.5. The van der Waals surface area contributed by atoms with Crippen LogP contribution < -0.4 is 9.47 Å². The third-order valence-electron chi connectivity index (χ3n) is 5.17. The molecule has 0 unspecified atom stereocenters. The molecule has 1 heterocycles. The molecule has 3 N–H and O–H groups in total. The van der Waals surface area contributed by atoms with E-state index in [1.165, 1.54) is 12.1 Å². The second-order valence-corrected chi connectivity index (χ2v) is 8.13. The van der Waals surface area contributed by atoms with Crippen molar-refractivity contribution in [2.45, 2.75) is 46.8 Å². The quantitative estimate of drug-likeness (QED) is 0.572. The summed E-state index contributed by atoms with van der Waals surface area (Å²) in [5.74, 6) is -0.870. The summed E-state index contributed by atoms with van der Waals surface area (Å²) in [6, 6.07) is 4.49. The van der Waals surface area contributed by atoms with Crippen molar-refractivity contribution < 1.29 is 29.6 Å². The van der Waals surface area contributed by atoms with E-state index < -0.39 is 12.1 Å². The molecule has 1 aliphatic rings. The van der Waals surface area contributed by atoms with Crippen LogP contribution in [0.3, 0.4) is 0 Å². The fourth-order valence-electron chi connectivity index (χ4n) is 3.57. The van der Waals surface area contributed by atoms with Crippen molar-refractivity contribution in [1.29, 1.82) is 0 Å². The van der Waals surface area contributed by atoms with E-state index in [2.05, 4.69) is 6.58 Å². The van der Waals surface area contributed by atoms with Gasteiger partial charge in [-0.3, -0.25) is 4.79 Å². The van der Waals surface area contributed by atoms with Gasteiger partial charge in [-0.05, 0) is 69.9 Å². The number of allylic oxidation sites excluding steroid dienone is 2. The summed E-state index contributed by atoms with van der Waals surface area (Å²) in [7, 11) is 0. The molecule has 0 bridgehead atoms. The Morgan fingerprint density at radius 1 is 1.19 bits per heavy atom. The van der Waals surface area contributed by atoms with Crippen LogP contribution in [0.15, 0.2) is 42.0 Å². The number of hydrogen-bond acceptors (Lipinski definition) is 6. The van der Waals surface area contributed by atoms with Gasteiger partial charge >= 0.3 is 0 Å². The number of carbonyl (C=O) groups is 1. The van der Waals surface area contributed by atoms with Gasteiger partial charge < -0.3 is 24.8 Å². The van der Waals surface area contributed by atoms with Gasteiger partial charge in [0.15, 0.2) is 0 Å². The van der Waals surface area contributed by atoms with Crippen molar-refractivity contribution in [3.63, 3.8) is 0 Å². The minimum absolute atomic E-state index is 0.0473. The van der Waals surface area contributed by atoms with Gasteiger partial charge in [-0.2, -0.15) is 0 Å². The number of fused-ring (bicyclic) bond motifs is 2. The third kappa shape index (κ3) is 4.44. The van der Waals surface area contributed by atoms with Crippen LogP contribution in [0.4, 0.5) is 0 Å². The Morgan fingerprint density at radius 2 is 1.90 bits per heavy atom. The van der Waals surface area contributed by atoms with Crippen LogP contribution in [-0.4, -0.2) is 27.7 Å². The topological polar surface area (TPSA) is 96.2 Å². The summed E-state index contributed by atoms with van der Waals surface area (Å²) >= 11 is 0. The van der Waals surface area contributed by atoms with Crippen molar-refractivity contribution in [2.24, 2.45) is 0 Å². The SMILES string of the molecule is C=C(C)CCc1ccc(O)c2c1O[C@H](O)c1c(OCC=C(C)C)c(C)cc(O)c1C2=O. The molecule has 31 heavy (non-hydrogen) atoms. The van der Waals surface area contributed by atoms with Crippen LogP contribution in [0.25, 0.3) is 0 Å². The number of hydrogen-bond donors (Lipinski definition) is 3. The number of phenols is 2. The maximum atomic E-state index is 13.5. The first-order valence-electron chi connectivity index (χ1n) is 10.1. The van der Waals surface area contributed by atoms with E-state index >= 15 is 0 Å². The second kappa shape index (κ2) is 8.86. The van der Waals surface area contributed by atoms with E-state index in [4.69, 9.17) is 9.47 Å². The Labute approximate surface area is 182 Å². The first-order valence-corrected chi connectivity index (χ1v) is 10.1. The van der Waals surface area contributed by atoms with E-state index in [-0.39, 0.29) is 46.3 Å². The molecule has 0 aromatic heterocycles. The van der Waals surface area contributed by atoms with E-state index in [0.717, 1.165) is 11.1 Å². The predicted octanol–water partition coefficient (Wildman–Crippen LogP) is 4.87. The Bertz CT molecular complexity index is 1080. The van der Waals surface area contributed by atoms with Gasteiger partial charge in [0.05, 0.1) is 11.1 Å². The molecular formula is C25H28O6. The number of carbonyl (C=O) groups excluding carboxylic acids is 1. The van der Waals surface area contributed by atoms with Crippen LogP contribution in [0.1, 0.15) is 66.1 Å². The van der Waals surface area contributed by atoms with Crippen molar-refractivity contribution in [1.82, 2.24) is 0 Å². The molecule has 1 atom stereocenters. The molecule has 1 aliphatic heterocycles. The van der Waals surface area contributed by atoms with Crippen molar-refractivity contribution in [3.8, 4) is 23.0 Å². The first-order chi connectivity index (χ1) is 14.6. The minimum atomic E-state index is -1.57. The van der Waals surface area contributed by atoms with Crippen molar-refractivity contribution in [3.05, 3.63) is 69.8 Å². The molecule has 0 spiro atoms. The van der Waals surface area contributed by atoms with Gasteiger partial charge in [0.2, 0.25) is 12.1 Å². The number of ketones is 1. The van der Waals surface area contributed by atoms with Crippen LogP contribution in [-0.2, 0) is 6.42 Å². The van der Waals surface area contributed by atoms with Gasteiger partial charge in [0, 0.05) is 0 Å². The maximum absolute atomic E-state index is 13.5. The first kappa shape index (κ1) is 22.4. The average molecular weight is 424 g/mol. The number of ether oxygens (including phenoxy) is 2. The summed E-state index contributed by atoms with van der Waals surface area (Å²) in [6.07, 6.45) is 1.46. The molecule has 3 rings (SSSR count). The lowest BCUT2D eigenvalue weighted by Crippen LogP contribution is -2.13. The lowest BCUT2D eigenvalue weighted by atomic mass is 9.92. The zero-order chi connectivity index (χ0) is 22.9. The van der Waals surface area contributed by atoms with Gasteiger partial charge in [0.1, 0.15) is 35.2 Å². The van der Waals surface area contributed by atoms with Gasteiger partial charge in [-0.1, -0.05) is 17.2 Å². The van der Waals surface area contributed by atoms with Crippen molar-refractivity contribution >= 4 is 5.78 Å². The van der Waals surface area contributed by atoms with Gasteiger partial charge in [-0.15, -0.1) is 6.58 Å². The summed E-state index contributed by atoms with van der Waals surface area (Å²) in [6.45, 7) is 11.6. The normalized spacial score (nSPS) is 14.7. The summed E-state index contributed by atoms with van der Waals surface area (Å²) in [5, 5.41) is 32.0. The van der Waals surface area contributed by atoms with E-state index in [1.807, 2.05) is 26.8 Å². The number of aliphatic hydroxyl groups excluding tert-OH is 1. The highest BCUT2D eigenvalue weighted by Crippen LogP contribution is 2.46. The Morgan fingerprint density at radius 3 is 2.55 bits per heavy atom. The monoisotopic (exact) mass is 424 g/mol. The van der Waals surface area contributed by atoms with E-state index in [1.54, 1.807) is 13.0 Å². The minimum Gasteiger partial charge on any atom is -0.507 e. The molecule has 2 aromatic carbocycles. The lowest BCUT2D eigenvalue weighted by Gasteiger charge is -2.20. The smallest absolute Gasteiger partial charge is 0.228 e. The molecule has 0 saturated carbocycles. The molecular weight excluding hydrogens is 396 g/mol. The fourth-order valence-corrected chi connectivity index (χ4v) is 3.57. The molecule has 0 radical (unpaired) electrons. The second-order valence-electron chi connectivity index (χ2n) is 8.13. The Balaban J connectivity index is 2.18. The number of rotatable bonds is 6. The highest BCUT2D eigenvalue weighted by Gasteiger charge is 2.36. The lowest BCUT2D eigenvalue weighted by molar-refractivity contribution is -0.0215. The van der Waals surface area contributed by atoms with Gasteiger partial charge in [-0.25, -0.2) is 0 Å². The molecule has 0 aliphatic carbocycles. The highest BCUT2D eigenvalue weighted by molar-refractivity contribution is 6.16. The largest absolute Gasteiger partial charge is 0.507 e. The number of benzene rings is 2. The summed E-state index contributed by atoms with van der Waals surface area (Å²) in [5.41, 5.74) is 3.02. The third-order valence-corrected chi connectivity index (χ3v) is 5.17. The zero-order valence-electron chi connectivity index (χ0n) is 18.3. The molecule has 0 fully saturated rings. The Hall–Kier alpha value is -3.25. The van der Waals surface area contributed by atoms with Crippen LogP contribution >= 0.6 is 0 Å². The molecule has 6 nitrogen and oxygen atoms in total. The summed E-state index contributed by atoms with van der Waals surface area (Å²) < 4.78 is 11.7. The molecule has 0 amide bonds. The van der Waals surface area contributed by atoms with Gasteiger partial charge in [0.25, 0.3) is 0 Å². The molecule has 164 valence electrons. The Kier molecular flexibility index (Phi) is 6.41.